The van der Waals surface area contributed by atoms with Gasteiger partial charge in [0.1, 0.15) is 18.1 Å². The number of benzene rings is 1. The van der Waals surface area contributed by atoms with Gasteiger partial charge < -0.3 is 14.6 Å². The molecule has 4 rings (SSSR count). The van der Waals surface area contributed by atoms with Gasteiger partial charge in [-0.05, 0) is 31.2 Å². The molecule has 0 atom stereocenters. The number of ether oxygens (including phenoxy) is 1. The summed E-state index contributed by atoms with van der Waals surface area (Å²) in [5, 5.41) is 8.03. The van der Waals surface area contributed by atoms with Gasteiger partial charge in [-0.2, -0.15) is 5.10 Å². The second-order valence-electron chi connectivity index (χ2n) is 6.81. The Morgan fingerprint density at radius 1 is 1.31 bits per heavy atom. The molecule has 0 saturated carbocycles. The molecule has 8 nitrogen and oxygen atoms in total. The lowest BCUT2D eigenvalue weighted by Gasteiger charge is -2.10. The second kappa shape index (κ2) is 7.75. The molecule has 8 heteroatoms. The average Bonchev–Trinajstić information content (AvgIpc) is 3.34. The summed E-state index contributed by atoms with van der Waals surface area (Å²) in [7, 11) is 3.65. The molecule has 29 heavy (non-hydrogen) atoms. The Kier molecular flexibility index (Phi) is 4.99. The topological polar surface area (TPSA) is 86.9 Å². The number of fused-ring (bicyclic) bond motifs is 1. The molecular formula is C21H22N6O2. The smallest absolute Gasteiger partial charge is 0.241 e. The molecule has 1 amide bonds. The van der Waals surface area contributed by atoms with Crippen molar-refractivity contribution in [3.63, 3.8) is 0 Å². The van der Waals surface area contributed by atoms with E-state index in [0.29, 0.717) is 12.4 Å². The van der Waals surface area contributed by atoms with E-state index in [0.717, 1.165) is 33.5 Å². The number of methoxy groups -OCH3 is 1. The van der Waals surface area contributed by atoms with Crippen LogP contribution in [0.3, 0.4) is 0 Å². The number of aromatic nitrogens is 5. The maximum atomic E-state index is 12.3. The third kappa shape index (κ3) is 3.82. The number of amides is 1. The van der Waals surface area contributed by atoms with Gasteiger partial charge in [0.15, 0.2) is 0 Å². The summed E-state index contributed by atoms with van der Waals surface area (Å²) in [6.45, 7) is 2.35. The zero-order valence-corrected chi connectivity index (χ0v) is 16.6. The first-order chi connectivity index (χ1) is 14.0. The number of nitrogens with zero attached hydrogens (tertiary/aromatic N) is 5. The number of carbonyl (C=O) groups is 1. The van der Waals surface area contributed by atoms with Crippen molar-refractivity contribution in [1.82, 2.24) is 29.6 Å². The van der Waals surface area contributed by atoms with E-state index in [-0.39, 0.29) is 12.5 Å². The second-order valence-corrected chi connectivity index (χ2v) is 6.81. The molecule has 1 aromatic carbocycles. The van der Waals surface area contributed by atoms with E-state index in [9.17, 15) is 4.79 Å². The normalized spacial score (nSPS) is 11.0. The highest BCUT2D eigenvalue weighted by molar-refractivity contribution is 5.96. The van der Waals surface area contributed by atoms with E-state index in [1.807, 2.05) is 38.4 Å². The maximum Gasteiger partial charge on any atom is 0.241 e. The van der Waals surface area contributed by atoms with E-state index >= 15 is 0 Å². The van der Waals surface area contributed by atoms with Crippen molar-refractivity contribution < 1.29 is 9.53 Å². The molecule has 0 unspecified atom stereocenters. The Hall–Kier alpha value is -3.68. The van der Waals surface area contributed by atoms with Crippen LogP contribution in [-0.2, 0) is 24.9 Å². The minimum absolute atomic E-state index is 0.125. The van der Waals surface area contributed by atoms with Crippen LogP contribution in [-0.4, -0.2) is 37.3 Å². The summed E-state index contributed by atoms with van der Waals surface area (Å²) in [5.41, 5.74) is 3.70. The van der Waals surface area contributed by atoms with Crippen molar-refractivity contribution in [2.24, 2.45) is 7.05 Å². The van der Waals surface area contributed by atoms with Gasteiger partial charge in [0.05, 0.1) is 12.8 Å². The van der Waals surface area contributed by atoms with Crippen LogP contribution >= 0.6 is 0 Å². The zero-order valence-electron chi connectivity index (χ0n) is 16.6. The van der Waals surface area contributed by atoms with Gasteiger partial charge in [0.25, 0.3) is 0 Å². The van der Waals surface area contributed by atoms with Crippen molar-refractivity contribution in [2.75, 3.05) is 7.11 Å². The van der Waals surface area contributed by atoms with Crippen LogP contribution in [0, 0.1) is 6.92 Å². The third-order valence-corrected chi connectivity index (χ3v) is 4.78. The van der Waals surface area contributed by atoms with Crippen LogP contribution in [0.4, 0.5) is 0 Å². The third-order valence-electron chi connectivity index (χ3n) is 4.78. The molecule has 0 fully saturated rings. The van der Waals surface area contributed by atoms with Gasteiger partial charge in [-0.1, -0.05) is 0 Å². The van der Waals surface area contributed by atoms with Crippen LogP contribution in [0.1, 0.15) is 11.4 Å². The SMILES string of the molecule is COc1ccc2c(c1)c(-c1nc(C)ncc1CNC(=O)Cn1cccn1)cn2C. The lowest BCUT2D eigenvalue weighted by molar-refractivity contribution is -0.122. The lowest BCUT2D eigenvalue weighted by atomic mass is 10.1. The summed E-state index contributed by atoms with van der Waals surface area (Å²) in [5.74, 6) is 1.33. The fraction of sp³-hybridized carbons (Fsp3) is 0.238. The van der Waals surface area contributed by atoms with Crippen molar-refractivity contribution >= 4 is 16.8 Å². The summed E-state index contributed by atoms with van der Waals surface area (Å²) in [6, 6.07) is 7.75. The molecule has 3 heterocycles. The molecule has 148 valence electrons. The van der Waals surface area contributed by atoms with E-state index in [2.05, 4.69) is 25.0 Å². The van der Waals surface area contributed by atoms with Gasteiger partial charge in [-0.3, -0.25) is 9.48 Å². The summed E-state index contributed by atoms with van der Waals surface area (Å²) in [4.78, 5) is 21.3. The van der Waals surface area contributed by atoms with Crippen LogP contribution in [0.2, 0.25) is 0 Å². The zero-order chi connectivity index (χ0) is 20.4. The molecule has 0 aliphatic carbocycles. The highest BCUT2D eigenvalue weighted by Gasteiger charge is 2.16. The fourth-order valence-corrected chi connectivity index (χ4v) is 3.34. The van der Waals surface area contributed by atoms with Crippen LogP contribution in [0.25, 0.3) is 22.2 Å². The van der Waals surface area contributed by atoms with Gasteiger partial charge >= 0.3 is 0 Å². The van der Waals surface area contributed by atoms with E-state index in [1.54, 1.807) is 36.4 Å². The van der Waals surface area contributed by atoms with E-state index in [1.165, 1.54) is 0 Å². The molecule has 0 bridgehead atoms. The first-order valence-electron chi connectivity index (χ1n) is 9.25. The molecule has 0 aliphatic heterocycles. The minimum atomic E-state index is -0.125. The molecule has 3 aromatic heterocycles. The Balaban J connectivity index is 1.67. The van der Waals surface area contributed by atoms with Gasteiger partial charge in [-0.15, -0.1) is 0 Å². The Morgan fingerprint density at radius 3 is 2.93 bits per heavy atom. The summed E-state index contributed by atoms with van der Waals surface area (Å²) < 4.78 is 9.04. The van der Waals surface area contributed by atoms with Crippen LogP contribution < -0.4 is 10.1 Å². The number of rotatable bonds is 6. The lowest BCUT2D eigenvalue weighted by Crippen LogP contribution is -2.27. The van der Waals surface area contributed by atoms with E-state index in [4.69, 9.17) is 4.74 Å². The molecular weight excluding hydrogens is 368 g/mol. The first-order valence-corrected chi connectivity index (χ1v) is 9.25. The van der Waals surface area contributed by atoms with Crippen molar-refractivity contribution in [1.29, 1.82) is 0 Å². The molecule has 0 radical (unpaired) electrons. The Labute approximate surface area is 168 Å². The predicted octanol–water partition coefficient (Wildman–Crippen LogP) is 2.47. The highest BCUT2D eigenvalue weighted by atomic mass is 16.5. The molecule has 0 spiro atoms. The van der Waals surface area contributed by atoms with Gasteiger partial charge in [0.2, 0.25) is 5.91 Å². The van der Waals surface area contributed by atoms with E-state index < -0.39 is 0 Å². The highest BCUT2D eigenvalue weighted by Crippen LogP contribution is 2.33. The Bertz CT molecular complexity index is 1160. The predicted molar refractivity (Wildman–Crippen MR) is 109 cm³/mol. The number of hydrogen-bond donors (Lipinski definition) is 1. The number of nitrogens with one attached hydrogen (secondary N) is 1. The molecule has 1 N–H and O–H groups in total. The van der Waals surface area contributed by atoms with Crippen LogP contribution in [0.5, 0.6) is 5.75 Å². The number of hydrogen-bond acceptors (Lipinski definition) is 5. The summed E-state index contributed by atoms with van der Waals surface area (Å²) in [6.07, 6.45) is 7.21. The summed E-state index contributed by atoms with van der Waals surface area (Å²) >= 11 is 0. The minimum Gasteiger partial charge on any atom is -0.497 e. The quantitative estimate of drug-likeness (QED) is 0.547. The van der Waals surface area contributed by atoms with Crippen molar-refractivity contribution in [2.45, 2.75) is 20.0 Å². The van der Waals surface area contributed by atoms with Crippen LogP contribution in [0.15, 0.2) is 49.1 Å². The Morgan fingerprint density at radius 2 is 2.17 bits per heavy atom. The molecule has 0 saturated heterocycles. The number of carbonyl (C=O) groups excluding carboxylic acids is 1. The fourth-order valence-electron chi connectivity index (χ4n) is 3.34. The molecule has 4 aromatic rings. The van der Waals surface area contributed by atoms with Gasteiger partial charge in [-0.25, -0.2) is 9.97 Å². The first kappa shape index (κ1) is 18.7. The number of aryl methyl sites for hydroxylation is 2. The van der Waals surface area contributed by atoms with Crippen molar-refractivity contribution in [3.8, 4) is 17.0 Å². The van der Waals surface area contributed by atoms with Gasteiger partial charge in [0, 0.05) is 60.4 Å². The molecule has 0 aliphatic rings. The maximum absolute atomic E-state index is 12.3. The van der Waals surface area contributed by atoms with Crippen molar-refractivity contribution in [3.05, 3.63) is 60.4 Å². The monoisotopic (exact) mass is 390 g/mol. The largest absolute Gasteiger partial charge is 0.497 e. The standard InChI is InChI=1S/C21H22N6O2/c1-14-22-10-15(11-23-20(28)13-27-8-4-7-24-27)21(25-14)18-12-26(2)19-6-5-16(29-3)9-17(18)19/h4-10,12H,11,13H2,1-3H3,(H,23,28). The average molecular weight is 390 g/mol.